The molecule has 0 spiro atoms. The van der Waals surface area contributed by atoms with Gasteiger partial charge in [-0.2, -0.15) is 0 Å². The zero-order valence-corrected chi connectivity index (χ0v) is 16.8. The quantitative estimate of drug-likeness (QED) is 0.699. The van der Waals surface area contributed by atoms with E-state index in [1.807, 2.05) is 43.3 Å². The summed E-state index contributed by atoms with van der Waals surface area (Å²) in [6, 6.07) is 11.3. The van der Waals surface area contributed by atoms with Crippen molar-refractivity contribution in [2.24, 2.45) is 0 Å². The number of halogens is 1. The van der Waals surface area contributed by atoms with Gasteiger partial charge < -0.3 is 15.4 Å². The third-order valence-corrected chi connectivity index (χ3v) is 4.98. The standard InChI is InChI=1S/C21H21BrN2O3/c1-13(14-3-7-18-15(11-14)4-9-21(26)24-18)23-20(25)10-5-16-12-17(22)6-8-19(16)27-2/h3,5-8,10-13H,4,9H2,1-2H3,(H,23,25)(H,24,26). The maximum absolute atomic E-state index is 12.3. The Hall–Kier alpha value is -2.60. The number of carbonyl (C=O) groups is 2. The highest BCUT2D eigenvalue weighted by Crippen LogP contribution is 2.26. The summed E-state index contributed by atoms with van der Waals surface area (Å²) in [6.07, 6.45) is 4.44. The topological polar surface area (TPSA) is 67.4 Å². The van der Waals surface area contributed by atoms with Crippen molar-refractivity contribution in [2.75, 3.05) is 12.4 Å². The SMILES string of the molecule is COc1ccc(Br)cc1C=CC(=O)NC(C)c1ccc2c(c1)CCC(=O)N2. The number of hydrogen-bond acceptors (Lipinski definition) is 3. The predicted octanol–water partition coefficient (Wildman–Crippen LogP) is 4.23. The maximum atomic E-state index is 12.3. The van der Waals surface area contributed by atoms with Crippen LogP contribution in [0.4, 0.5) is 5.69 Å². The molecule has 1 aliphatic heterocycles. The molecule has 0 aliphatic carbocycles. The molecule has 2 amide bonds. The normalized spacial score (nSPS) is 14.4. The molecule has 0 bridgehead atoms. The van der Waals surface area contributed by atoms with E-state index in [4.69, 9.17) is 4.74 Å². The van der Waals surface area contributed by atoms with E-state index < -0.39 is 0 Å². The Morgan fingerprint density at radius 1 is 1.26 bits per heavy atom. The molecular weight excluding hydrogens is 408 g/mol. The Labute approximate surface area is 166 Å². The van der Waals surface area contributed by atoms with Crippen LogP contribution < -0.4 is 15.4 Å². The molecule has 6 heteroatoms. The number of rotatable bonds is 5. The van der Waals surface area contributed by atoms with E-state index in [0.717, 1.165) is 33.3 Å². The molecule has 2 aromatic rings. The third-order valence-electron chi connectivity index (χ3n) is 4.49. The summed E-state index contributed by atoms with van der Waals surface area (Å²) in [4.78, 5) is 23.8. The molecule has 0 saturated carbocycles. The Bertz CT molecular complexity index is 908. The van der Waals surface area contributed by atoms with E-state index in [1.165, 1.54) is 6.08 Å². The molecule has 5 nitrogen and oxygen atoms in total. The Kier molecular flexibility index (Phi) is 5.96. The van der Waals surface area contributed by atoms with E-state index in [9.17, 15) is 9.59 Å². The average Bonchev–Trinajstić information content (AvgIpc) is 2.66. The van der Waals surface area contributed by atoms with Crippen LogP contribution in [0.1, 0.15) is 36.1 Å². The fourth-order valence-electron chi connectivity index (χ4n) is 3.02. The minimum Gasteiger partial charge on any atom is -0.496 e. The van der Waals surface area contributed by atoms with Gasteiger partial charge in [-0.3, -0.25) is 9.59 Å². The summed E-state index contributed by atoms with van der Waals surface area (Å²) in [5, 5.41) is 5.84. The lowest BCUT2D eigenvalue weighted by atomic mass is 9.98. The van der Waals surface area contributed by atoms with Gasteiger partial charge in [0.05, 0.1) is 13.2 Å². The smallest absolute Gasteiger partial charge is 0.244 e. The number of amides is 2. The summed E-state index contributed by atoms with van der Waals surface area (Å²) in [5.74, 6) is 0.562. The first-order chi connectivity index (χ1) is 13.0. The van der Waals surface area contributed by atoms with Gasteiger partial charge in [-0.05, 0) is 54.8 Å². The number of carbonyl (C=O) groups excluding carboxylic acids is 2. The largest absolute Gasteiger partial charge is 0.496 e. The second kappa shape index (κ2) is 8.39. The number of benzene rings is 2. The van der Waals surface area contributed by atoms with Crippen LogP contribution in [0, 0.1) is 0 Å². The van der Waals surface area contributed by atoms with Crippen molar-refractivity contribution in [1.29, 1.82) is 0 Å². The number of aryl methyl sites for hydroxylation is 1. The monoisotopic (exact) mass is 428 g/mol. The lowest BCUT2D eigenvalue weighted by Crippen LogP contribution is -2.25. The van der Waals surface area contributed by atoms with E-state index >= 15 is 0 Å². The van der Waals surface area contributed by atoms with Gasteiger partial charge in [0.15, 0.2) is 0 Å². The van der Waals surface area contributed by atoms with Crippen molar-refractivity contribution in [3.05, 3.63) is 63.6 Å². The average molecular weight is 429 g/mol. The molecule has 27 heavy (non-hydrogen) atoms. The van der Waals surface area contributed by atoms with Crippen molar-refractivity contribution in [2.45, 2.75) is 25.8 Å². The molecule has 0 fully saturated rings. The van der Waals surface area contributed by atoms with Crippen LogP contribution in [-0.2, 0) is 16.0 Å². The summed E-state index contributed by atoms with van der Waals surface area (Å²) >= 11 is 3.42. The van der Waals surface area contributed by atoms with Crippen LogP contribution >= 0.6 is 15.9 Å². The number of hydrogen-bond donors (Lipinski definition) is 2. The van der Waals surface area contributed by atoms with Crippen molar-refractivity contribution < 1.29 is 14.3 Å². The van der Waals surface area contributed by atoms with E-state index in [2.05, 4.69) is 26.6 Å². The molecule has 140 valence electrons. The minimum absolute atomic E-state index is 0.0460. The number of fused-ring (bicyclic) bond motifs is 1. The first-order valence-corrected chi connectivity index (χ1v) is 9.50. The molecule has 1 atom stereocenters. The van der Waals surface area contributed by atoms with Gasteiger partial charge in [0.25, 0.3) is 0 Å². The molecule has 0 aromatic heterocycles. The molecule has 0 radical (unpaired) electrons. The Morgan fingerprint density at radius 3 is 2.85 bits per heavy atom. The fraction of sp³-hybridized carbons (Fsp3) is 0.238. The van der Waals surface area contributed by atoms with Crippen LogP contribution in [0.3, 0.4) is 0 Å². The van der Waals surface area contributed by atoms with E-state index in [0.29, 0.717) is 12.2 Å². The van der Waals surface area contributed by atoms with Crippen molar-refractivity contribution in [3.63, 3.8) is 0 Å². The summed E-state index contributed by atoms with van der Waals surface area (Å²) in [6.45, 7) is 1.94. The lowest BCUT2D eigenvalue weighted by Gasteiger charge is -2.20. The maximum Gasteiger partial charge on any atom is 0.244 e. The highest BCUT2D eigenvalue weighted by molar-refractivity contribution is 9.10. The Balaban J connectivity index is 1.67. The van der Waals surface area contributed by atoms with Gasteiger partial charge in [0.2, 0.25) is 11.8 Å². The second-order valence-electron chi connectivity index (χ2n) is 6.41. The lowest BCUT2D eigenvalue weighted by molar-refractivity contribution is -0.117. The van der Waals surface area contributed by atoms with Crippen molar-refractivity contribution in [1.82, 2.24) is 5.32 Å². The van der Waals surface area contributed by atoms with E-state index in [-0.39, 0.29) is 17.9 Å². The van der Waals surface area contributed by atoms with Crippen LogP contribution in [0.25, 0.3) is 6.08 Å². The van der Waals surface area contributed by atoms with Gasteiger partial charge in [-0.1, -0.05) is 28.1 Å². The molecule has 1 unspecified atom stereocenters. The van der Waals surface area contributed by atoms with Crippen molar-refractivity contribution >= 4 is 39.5 Å². The van der Waals surface area contributed by atoms with Crippen molar-refractivity contribution in [3.8, 4) is 5.75 Å². The number of methoxy groups -OCH3 is 1. The van der Waals surface area contributed by atoms with Gasteiger partial charge in [-0.25, -0.2) is 0 Å². The highest BCUT2D eigenvalue weighted by Gasteiger charge is 2.16. The fourth-order valence-corrected chi connectivity index (χ4v) is 3.40. The highest BCUT2D eigenvalue weighted by atomic mass is 79.9. The van der Waals surface area contributed by atoms with Crippen LogP contribution in [0.2, 0.25) is 0 Å². The third kappa shape index (κ3) is 4.77. The molecule has 1 heterocycles. The van der Waals surface area contributed by atoms with Gasteiger partial charge >= 0.3 is 0 Å². The van der Waals surface area contributed by atoms with Gasteiger partial charge in [-0.15, -0.1) is 0 Å². The van der Waals surface area contributed by atoms with Crippen LogP contribution in [0.15, 0.2) is 46.9 Å². The second-order valence-corrected chi connectivity index (χ2v) is 7.33. The van der Waals surface area contributed by atoms with Crippen LogP contribution in [0.5, 0.6) is 5.75 Å². The number of anilines is 1. The first-order valence-electron chi connectivity index (χ1n) is 8.71. The van der Waals surface area contributed by atoms with Crippen LogP contribution in [-0.4, -0.2) is 18.9 Å². The first kappa shape index (κ1) is 19.2. The molecule has 1 aliphatic rings. The molecule has 2 N–H and O–H groups in total. The summed E-state index contributed by atoms with van der Waals surface area (Å²) < 4.78 is 6.22. The number of ether oxygens (including phenoxy) is 1. The molecule has 0 saturated heterocycles. The molecule has 2 aromatic carbocycles. The van der Waals surface area contributed by atoms with Gasteiger partial charge in [0, 0.05) is 28.2 Å². The van der Waals surface area contributed by atoms with Gasteiger partial charge in [0.1, 0.15) is 5.75 Å². The molecule has 3 rings (SSSR count). The summed E-state index contributed by atoms with van der Waals surface area (Å²) in [7, 11) is 1.60. The number of nitrogens with one attached hydrogen (secondary N) is 2. The summed E-state index contributed by atoms with van der Waals surface area (Å²) in [5.41, 5.74) is 3.78. The Morgan fingerprint density at radius 2 is 2.07 bits per heavy atom. The predicted molar refractivity (Wildman–Crippen MR) is 110 cm³/mol. The minimum atomic E-state index is -0.185. The molecular formula is C21H21BrN2O3. The zero-order chi connectivity index (χ0) is 19.4. The zero-order valence-electron chi connectivity index (χ0n) is 15.2. The van der Waals surface area contributed by atoms with E-state index in [1.54, 1.807) is 13.2 Å².